The van der Waals surface area contributed by atoms with Gasteiger partial charge in [0.1, 0.15) is 35.4 Å². The fourth-order valence-corrected chi connectivity index (χ4v) is 8.68. The minimum atomic E-state index is -4.69. The van der Waals surface area contributed by atoms with Gasteiger partial charge in [0, 0.05) is 43.0 Å². The molecule has 64 heavy (non-hydrogen) atoms. The zero-order valence-electron chi connectivity index (χ0n) is 35.4. The second-order valence-electron chi connectivity index (χ2n) is 17.1. The van der Waals surface area contributed by atoms with Crippen LogP contribution in [-0.2, 0) is 64.8 Å². The molecule has 18 heteroatoms. The number of amides is 2. The lowest BCUT2D eigenvalue weighted by Gasteiger charge is -2.48. The Morgan fingerprint density at radius 2 is 1.61 bits per heavy atom. The van der Waals surface area contributed by atoms with E-state index in [9.17, 15) is 42.3 Å². The predicted molar refractivity (Wildman–Crippen MR) is 219 cm³/mol. The molecule has 3 N–H and O–H groups in total. The first-order valence-corrected chi connectivity index (χ1v) is 20.9. The van der Waals surface area contributed by atoms with Gasteiger partial charge in [-0.05, 0) is 44.4 Å². The summed E-state index contributed by atoms with van der Waals surface area (Å²) in [5, 5.41) is 16.8. The van der Waals surface area contributed by atoms with E-state index in [1.165, 1.54) is 11.1 Å². The number of alkyl halides is 3. The van der Waals surface area contributed by atoms with E-state index >= 15 is 0 Å². The summed E-state index contributed by atoms with van der Waals surface area (Å²) in [6.45, 7) is 2.77. The second kappa shape index (κ2) is 18.8. The fourth-order valence-electron chi connectivity index (χ4n) is 8.68. The van der Waals surface area contributed by atoms with Crippen LogP contribution in [0.4, 0.5) is 13.2 Å². The third-order valence-corrected chi connectivity index (χ3v) is 11.3. The molecule has 0 radical (unpaired) electrons. The molecule has 3 aromatic rings. The van der Waals surface area contributed by atoms with Crippen LogP contribution in [0.15, 0.2) is 91.0 Å². The Kier molecular flexibility index (Phi) is 13.6. The van der Waals surface area contributed by atoms with E-state index in [2.05, 4.69) is 15.4 Å². The Bertz CT molecular complexity index is 2180. The fraction of sp³-hybridized carbons (Fsp3) is 0.457. The highest BCUT2D eigenvalue weighted by Gasteiger charge is 2.76. The van der Waals surface area contributed by atoms with E-state index in [1.807, 2.05) is 60.7 Å². The van der Waals surface area contributed by atoms with Gasteiger partial charge in [0.25, 0.3) is 0 Å². The quantitative estimate of drug-likeness (QED) is 0.105. The van der Waals surface area contributed by atoms with Crippen LogP contribution in [0.3, 0.4) is 0 Å². The summed E-state index contributed by atoms with van der Waals surface area (Å²) in [5.41, 5.74) is -0.0730. The van der Waals surface area contributed by atoms with Crippen LogP contribution in [0.25, 0.3) is 6.08 Å². The Morgan fingerprint density at radius 1 is 0.938 bits per heavy atom. The van der Waals surface area contributed by atoms with Gasteiger partial charge in [0.2, 0.25) is 17.6 Å². The smallest absolute Gasteiger partial charge is 0.422 e. The van der Waals surface area contributed by atoms with Crippen molar-refractivity contribution >= 4 is 35.8 Å². The molecule has 342 valence electrons. The number of rotatable bonds is 16. The Labute approximate surface area is 367 Å². The average Bonchev–Trinajstić information content (AvgIpc) is 3.83. The molecule has 7 rings (SSSR count). The van der Waals surface area contributed by atoms with Crippen LogP contribution in [0, 0.1) is 5.41 Å². The zero-order valence-corrected chi connectivity index (χ0v) is 35.4. The monoisotopic (exact) mass is 893 g/mol. The number of hydrogen-bond acceptors (Lipinski definition) is 13. The van der Waals surface area contributed by atoms with E-state index < -0.39 is 102 Å². The van der Waals surface area contributed by atoms with E-state index in [1.54, 1.807) is 45.0 Å². The van der Waals surface area contributed by atoms with Gasteiger partial charge in [-0.1, -0.05) is 84.9 Å². The second-order valence-corrected chi connectivity index (χ2v) is 17.1. The van der Waals surface area contributed by atoms with Crippen molar-refractivity contribution in [1.29, 1.82) is 0 Å². The number of halogens is 3. The Hall–Kier alpha value is -5.66. The number of aliphatic hydroxyl groups excluding tert-OH is 1. The number of aliphatic hydroxyl groups is 1. The highest BCUT2D eigenvalue weighted by atomic mass is 19.4. The molecule has 0 unspecified atom stereocenters. The molecule has 4 fully saturated rings. The first kappa shape index (κ1) is 46.3. The molecule has 3 aromatic carbocycles. The van der Waals surface area contributed by atoms with Gasteiger partial charge in [0.05, 0.1) is 19.2 Å². The number of nitrogens with one attached hydrogen (secondary N) is 2. The van der Waals surface area contributed by atoms with Gasteiger partial charge in [-0.25, -0.2) is 4.79 Å². The predicted octanol–water partition coefficient (Wildman–Crippen LogP) is 4.40. The Morgan fingerprint density at radius 3 is 2.25 bits per heavy atom. The van der Waals surface area contributed by atoms with E-state index in [-0.39, 0.29) is 38.8 Å². The summed E-state index contributed by atoms with van der Waals surface area (Å²) < 4.78 is 67.2. The summed E-state index contributed by atoms with van der Waals surface area (Å²) in [6, 6.07) is 22.9. The molecule has 1 saturated carbocycles. The molecule has 3 aliphatic heterocycles. The minimum absolute atomic E-state index is 0.0349. The number of carbonyl (C=O) groups is 5. The number of ether oxygens (including phenoxy) is 5. The van der Waals surface area contributed by atoms with Gasteiger partial charge in [-0.3, -0.25) is 24.0 Å². The van der Waals surface area contributed by atoms with Crippen molar-refractivity contribution in [1.82, 2.24) is 15.7 Å². The highest BCUT2D eigenvalue weighted by molar-refractivity contribution is 5.94. The van der Waals surface area contributed by atoms with Crippen molar-refractivity contribution in [3.8, 4) is 0 Å². The molecular formula is C46H50F3N3O12. The molecule has 3 heterocycles. The van der Waals surface area contributed by atoms with E-state index in [4.69, 9.17) is 23.8 Å². The number of hydroxylamine groups is 2. The summed E-state index contributed by atoms with van der Waals surface area (Å²) in [6.07, 6.45) is -6.68. The van der Waals surface area contributed by atoms with Crippen molar-refractivity contribution in [3.05, 3.63) is 113 Å². The SMILES string of the molecule is CC(C)(C)OC(=O)CC[C@@H](CO)NC(=O)CCNC(=O)[C@@]12C[C@H]3OC(=O)[C@@H]1N(Cc1cccc(C=CC(=O)OCC(F)(F)F)c1)O[C@@H]2[C@H]1OC(c2ccccc2)(c2ccccc2)O[C@H]13. The number of esters is 3. The van der Waals surface area contributed by atoms with Crippen LogP contribution in [-0.4, -0.2) is 108 Å². The zero-order chi connectivity index (χ0) is 45.9. The molecule has 7 atom stereocenters. The standard InChI is InChI=1S/C46H50F3N3O12/c1-43(2,3)61-36(56)20-18-32(26-53)51-34(54)21-22-50-42(58)44-24-33-37-38(63-46(62-37,30-13-6-4-7-14-30)31-15-8-5-9-16-31)40(44)64-52(39(44)41(57)60-33)25-29-12-10-11-28(23-29)17-19-35(55)59-27-45(47,48)49/h4-17,19,23,32-33,37-40,53H,18,20-22,24-27H2,1-3H3,(H,50,58)(H,51,54)/t32-,33+,37-,38-,39-,40+,44-/m0/s1. The van der Waals surface area contributed by atoms with E-state index in [0.717, 1.165) is 6.08 Å². The van der Waals surface area contributed by atoms with Crippen LogP contribution in [0.1, 0.15) is 68.7 Å². The number of benzene rings is 3. The molecule has 0 spiro atoms. The molecule has 15 nitrogen and oxygen atoms in total. The van der Waals surface area contributed by atoms with Crippen molar-refractivity contribution in [2.24, 2.45) is 5.41 Å². The van der Waals surface area contributed by atoms with Crippen LogP contribution in [0.2, 0.25) is 0 Å². The third-order valence-electron chi connectivity index (χ3n) is 11.3. The molecule has 2 bridgehead atoms. The maximum absolute atomic E-state index is 14.8. The normalized spacial score (nSPS) is 25.2. The van der Waals surface area contributed by atoms with Gasteiger partial charge in [0.15, 0.2) is 12.6 Å². The summed E-state index contributed by atoms with van der Waals surface area (Å²) >= 11 is 0. The maximum atomic E-state index is 14.8. The lowest BCUT2D eigenvalue weighted by molar-refractivity contribution is -0.213. The maximum Gasteiger partial charge on any atom is 0.422 e. The lowest BCUT2D eigenvalue weighted by atomic mass is 9.62. The van der Waals surface area contributed by atoms with Gasteiger partial charge < -0.3 is 39.4 Å². The molecule has 4 aliphatic rings. The summed E-state index contributed by atoms with van der Waals surface area (Å²) in [5.74, 6) is -5.04. The van der Waals surface area contributed by atoms with Crippen LogP contribution in [0.5, 0.6) is 0 Å². The van der Waals surface area contributed by atoms with Crippen molar-refractivity contribution in [2.75, 3.05) is 19.8 Å². The first-order chi connectivity index (χ1) is 30.4. The lowest BCUT2D eigenvalue weighted by Crippen LogP contribution is -2.69. The van der Waals surface area contributed by atoms with Crippen molar-refractivity contribution in [2.45, 2.75) is 107 Å². The summed E-state index contributed by atoms with van der Waals surface area (Å²) in [4.78, 5) is 73.1. The largest absolute Gasteiger partial charge is 0.460 e. The number of carbonyl (C=O) groups excluding carboxylic acids is 5. The number of hydrogen-bond donors (Lipinski definition) is 3. The topological polar surface area (TPSA) is 188 Å². The molecule has 2 amide bonds. The van der Waals surface area contributed by atoms with Crippen LogP contribution < -0.4 is 10.6 Å². The van der Waals surface area contributed by atoms with Crippen molar-refractivity contribution in [3.63, 3.8) is 0 Å². The molecule has 1 aliphatic carbocycles. The molecular weight excluding hydrogens is 844 g/mol. The number of fused-ring (bicyclic) bond motifs is 4. The average molecular weight is 894 g/mol. The first-order valence-electron chi connectivity index (χ1n) is 20.9. The Balaban J connectivity index is 1.14. The highest BCUT2D eigenvalue weighted by Crippen LogP contribution is 2.59. The van der Waals surface area contributed by atoms with Gasteiger partial charge >= 0.3 is 24.1 Å². The summed E-state index contributed by atoms with van der Waals surface area (Å²) in [7, 11) is 0. The number of nitrogens with zero attached hydrogens (tertiary/aromatic N) is 1. The van der Waals surface area contributed by atoms with Gasteiger partial charge in [-0.15, -0.1) is 0 Å². The van der Waals surface area contributed by atoms with E-state index in [0.29, 0.717) is 22.3 Å². The van der Waals surface area contributed by atoms with Crippen LogP contribution >= 0.6 is 0 Å². The minimum Gasteiger partial charge on any atom is -0.460 e. The van der Waals surface area contributed by atoms with Gasteiger partial charge in [-0.2, -0.15) is 18.2 Å². The molecule has 3 saturated heterocycles. The third kappa shape index (κ3) is 10.2. The van der Waals surface area contributed by atoms with Crippen molar-refractivity contribution < 1.29 is 70.8 Å². The molecule has 0 aromatic heterocycles.